The summed E-state index contributed by atoms with van der Waals surface area (Å²) in [6.45, 7) is 1.90. The fraction of sp³-hybridized carbons (Fsp3) is 0.143. The fourth-order valence-corrected chi connectivity index (χ4v) is 1.94. The number of hydrazine groups is 1. The SMILES string of the molecule is CC(NC(=O)c1cnccc1NN)c1ccc(Cl)cc1. The van der Waals surface area contributed by atoms with Crippen molar-refractivity contribution in [2.45, 2.75) is 13.0 Å². The summed E-state index contributed by atoms with van der Waals surface area (Å²) in [7, 11) is 0. The highest BCUT2D eigenvalue weighted by atomic mass is 35.5. The molecule has 0 aliphatic rings. The van der Waals surface area contributed by atoms with Gasteiger partial charge >= 0.3 is 0 Å². The molecule has 0 radical (unpaired) electrons. The molecule has 1 aromatic heterocycles. The van der Waals surface area contributed by atoms with Crippen molar-refractivity contribution in [3.63, 3.8) is 0 Å². The lowest BCUT2D eigenvalue weighted by atomic mass is 10.1. The number of anilines is 1. The Balaban J connectivity index is 2.13. The molecule has 0 fully saturated rings. The number of nitrogens with one attached hydrogen (secondary N) is 2. The van der Waals surface area contributed by atoms with Crippen molar-refractivity contribution in [1.29, 1.82) is 0 Å². The van der Waals surface area contributed by atoms with E-state index in [-0.39, 0.29) is 11.9 Å². The first-order chi connectivity index (χ1) is 9.61. The van der Waals surface area contributed by atoms with Crippen LogP contribution in [0.3, 0.4) is 0 Å². The van der Waals surface area contributed by atoms with Crippen molar-refractivity contribution in [1.82, 2.24) is 10.3 Å². The highest BCUT2D eigenvalue weighted by Gasteiger charge is 2.14. The van der Waals surface area contributed by atoms with Gasteiger partial charge in [0.2, 0.25) is 0 Å². The van der Waals surface area contributed by atoms with Crippen LogP contribution in [0, 0.1) is 0 Å². The normalized spacial score (nSPS) is 11.8. The van der Waals surface area contributed by atoms with Crippen LogP contribution >= 0.6 is 11.6 Å². The molecule has 1 aromatic carbocycles. The van der Waals surface area contributed by atoms with Crippen LogP contribution in [0.1, 0.15) is 28.9 Å². The van der Waals surface area contributed by atoms with Crippen LogP contribution in [-0.4, -0.2) is 10.9 Å². The highest BCUT2D eigenvalue weighted by molar-refractivity contribution is 6.30. The van der Waals surface area contributed by atoms with Crippen molar-refractivity contribution in [3.05, 3.63) is 58.9 Å². The van der Waals surface area contributed by atoms with Gasteiger partial charge in [-0.15, -0.1) is 0 Å². The Labute approximate surface area is 122 Å². The van der Waals surface area contributed by atoms with Gasteiger partial charge in [0.05, 0.1) is 17.3 Å². The van der Waals surface area contributed by atoms with Gasteiger partial charge in [-0.25, -0.2) is 0 Å². The van der Waals surface area contributed by atoms with E-state index >= 15 is 0 Å². The standard InChI is InChI=1S/C14H15ClN4O/c1-9(10-2-4-11(15)5-3-10)18-14(20)12-8-17-7-6-13(12)19-16/h2-9H,16H2,1H3,(H,17,19)(H,18,20). The first-order valence-electron chi connectivity index (χ1n) is 6.08. The average Bonchev–Trinajstić information content (AvgIpc) is 2.47. The molecule has 0 saturated heterocycles. The Morgan fingerprint density at radius 2 is 2.00 bits per heavy atom. The maximum absolute atomic E-state index is 12.2. The lowest BCUT2D eigenvalue weighted by Gasteiger charge is -2.15. The fourth-order valence-electron chi connectivity index (χ4n) is 1.81. The molecule has 6 heteroatoms. The van der Waals surface area contributed by atoms with Gasteiger partial charge in [-0.1, -0.05) is 23.7 Å². The van der Waals surface area contributed by atoms with Crippen molar-refractivity contribution < 1.29 is 4.79 Å². The molecule has 5 nitrogen and oxygen atoms in total. The van der Waals surface area contributed by atoms with Crippen LogP contribution in [0.25, 0.3) is 0 Å². The van der Waals surface area contributed by atoms with E-state index in [9.17, 15) is 4.79 Å². The highest BCUT2D eigenvalue weighted by Crippen LogP contribution is 2.18. The monoisotopic (exact) mass is 290 g/mol. The predicted molar refractivity (Wildman–Crippen MR) is 79.4 cm³/mol. The van der Waals surface area contributed by atoms with Crippen LogP contribution in [-0.2, 0) is 0 Å². The summed E-state index contributed by atoms with van der Waals surface area (Å²) < 4.78 is 0. The third-order valence-electron chi connectivity index (χ3n) is 2.94. The van der Waals surface area contributed by atoms with E-state index in [1.165, 1.54) is 6.20 Å². The number of pyridine rings is 1. The average molecular weight is 291 g/mol. The second-order valence-corrected chi connectivity index (χ2v) is 4.75. The predicted octanol–water partition coefficient (Wildman–Crippen LogP) is 2.51. The van der Waals surface area contributed by atoms with Crippen LogP contribution in [0.2, 0.25) is 5.02 Å². The topological polar surface area (TPSA) is 80.0 Å². The first kappa shape index (κ1) is 14.3. The molecule has 20 heavy (non-hydrogen) atoms. The van der Waals surface area contributed by atoms with E-state index in [4.69, 9.17) is 17.4 Å². The lowest BCUT2D eigenvalue weighted by Crippen LogP contribution is -2.28. The van der Waals surface area contributed by atoms with Gasteiger partial charge in [-0.05, 0) is 30.7 Å². The molecular weight excluding hydrogens is 276 g/mol. The van der Waals surface area contributed by atoms with Gasteiger partial charge in [0.25, 0.3) is 5.91 Å². The number of hydrogen-bond donors (Lipinski definition) is 3. The number of benzene rings is 1. The van der Waals surface area contributed by atoms with Crippen molar-refractivity contribution in [2.24, 2.45) is 5.84 Å². The number of hydrogen-bond acceptors (Lipinski definition) is 4. The third kappa shape index (κ3) is 3.26. The van der Waals surface area contributed by atoms with Gasteiger partial charge in [-0.2, -0.15) is 0 Å². The molecule has 0 bridgehead atoms. The lowest BCUT2D eigenvalue weighted by molar-refractivity contribution is 0.0940. The van der Waals surface area contributed by atoms with Crippen molar-refractivity contribution in [2.75, 3.05) is 5.43 Å². The number of amides is 1. The summed E-state index contributed by atoms with van der Waals surface area (Å²) in [6, 6.07) is 8.82. The summed E-state index contributed by atoms with van der Waals surface area (Å²) in [6.07, 6.45) is 3.04. The molecule has 0 spiro atoms. The number of nitrogens with two attached hydrogens (primary N) is 1. The van der Waals surface area contributed by atoms with Crippen LogP contribution in [0.5, 0.6) is 0 Å². The minimum absolute atomic E-state index is 0.148. The summed E-state index contributed by atoms with van der Waals surface area (Å²) in [4.78, 5) is 16.1. The Morgan fingerprint density at radius 3 is 2.65 bits per heavy atom. The Bertz CT molecular complexity index is 600. The summed E-state index contributed by atoms with van der Waals surface area (Å²) >= 11 is 5.84. The number of halogens is 1. The van der Waals surface area contributed by atoms with E-state index in [2.05, 4.69) is 15.7 Å². The minimum atomic E-state index is -0.242. The smallest absolute Gasteiger partial charge is 0.255 e. The summed E-state index contributed by atoms with van der Waals surface area (Å²) in [5.41, 5.74) is 4.37. The van der Waals surface area contributed by atoms with Crippen LogP contribution in [0.4, 0.5) is 5.69 Å². The second-order valence-electron chi connectivity index (χ2n) is 4.31. The minimum Gasteiger partial charge on any atom is -0.345 e. The molecule has 2 aromatic rings. The van der Waals surface area contributed by atoms with Crippen LogP contribution < -0.4 is 16.6 Å². The molecule has 2 rings (SSSR count). The number of carbonyl (C=O) groups excluding carboxylic acids is 1. The van der Waals surface area contributed by atoms with E-state index in [0.717, 1.165) is 5.56 Å². The Hall–Kier alpha value is -2.11. The second kappa shape index (κ2) is 6.36. The molecule has 104 valence electrons. The van der Waals surface area contributed by atoms with Gasteiger partial charge in [-0.3, -0.25) is 15.6 Å². The molecule has 1 heterocycles. The van der Waals surface area contributed by atoms with E-state index in [0.29, 0.717) is 16.3 Å². The molecule has 1 unspecified atom stereocenters. The number of rotatable bonds is 4. The number of nitrogen functional groups attached to an aromatic ring is 1. The Morgan fingerprint density at radius 1 is 1.30 bits per heavy atom. The zero-order valence-electron chi connectivity index (χ0n) is 10.9. The van der Waals surface area contributed by atoms with Crippen molar-refractivity contribution >= 4 is 23.2 Å². The zero-order valence-corrected chi connectivity index (χ0v) is 11.7. The molecule has 4 N–H and O–H groups in total. The molecule has 0 saturated carbocycles. The maximum Gasteiger partial charge on any atom is 0.255 e. The molecule has 1 amide bonds. The summed E-state index contributed by atoms with van der Waals surface area (Å²) in [5.74, 6) is 5.13. The van der Waals surface area contributed by atoms with Gasteiger partial charge in [0.1, 0.15) is 0 Å². The largest absolute Gasteiger partial charge is 0.345 e. The molecular formula is C14H15ClN4O. The molecule has 1 atom stereocenters. The first-order valence-corrected chi connectivity index (χ1v) is 6.46. The van der Waals surface area contributed by atoms with E-state index in [1.807, 2.05) is 19.1 Å². The quantitative estimate of drug-likeness (QED) is 0.597. The van der Waals surface area contributed by atoms with E-state index in [1.54, 1.807) is 24.4 Å². The number of nitrogens with zero attached hydrogens (tertiary/aromatic N) is 1. The van der Waals surface area contributed by atoms with Crippen LogP contribution in [0.15, 0.2) is 42.7 Å². The zero-order chi connectivity index (χ0) is 14.5. The summed E-state index contributed by atoms with van der Waals surface area (Å²) in [5, 5.41) is 3.55. The molecule has 0 aliphatic heterocycles. The number of carbonyl (C=O) groups is 1. The molecule has 0 aliphatic carbocycles. The third-order valence-corrected chi connectivity index (χ3v) is 3.19. The maximum atomic E-state index is 12.2. The van der Waals surface area contributed by atoms with Gasteiger partial charge in [0, 0.05) is 17.4 Å². The van der Waals surface area contributed by atoms with Crippen molar-refractivity contribution in [3.8, 4) is 0 Å². The van der Waals surface area contributed by atoms with Gasteiger partial charge < -0.3 is 10.7 Å². The van der Waals surface area contributed by atoms with Gasteiger partial charge in [0.15, 0.2) is 0 Å². The Kier molecular flexibility index (Phi) is 4.55. The van der Waals surface area contributed by atoms with E-state index < -0.39 is 0 Å². The number of aromatic nitrogens is 1.